The number of halogens is 2. The van der Waals surface area contributed by atoms with E-state index in [0.717, 1.165) is 22.2 Å². The van der Waals surface area contributed by atoms with Gasteiger partial charge in [-0.1, -0.05) is 48.0 Å². The summed E-state index contributed by atoms with van der Waals surface area (Å²) < 4.78 is 4.19. The van der Waals surface area contributed by atoms with Crippen molar-refractivity contribution in [1.82, 2.24) is 9.36 Å². The fourth-order valence-electron chi connectivity index (χ4n) is 2.43. The summed E-state index contributed by atoms with van der Waals surface area (Å²) in [7, 11) is 0. The van der Waals surface area contributed by atoms with Crippen LogP contribution in [0.25, 0.3) is 0 Å². The average molecular weight is 513 g/mol. The van der Waals surface area contributed by atoms with Gasteiger partial charge in [0.05, 0.1) is 15.8 Å². The molecule has 162 valence electrons. The molecular formula is C20H18Cl2N4O2S3. The Bertz CT molecular complexity index is 1090. The van der Waals surface area contributed by atoms with Crippen LogP contribution in [0.15, 0.2) is 52.5 Å². The number of hydrogen-bond acceptors (Lipinski definition) is 7. The first-order valence-electron chi connectivity index (χ1n) is 9.16. The van der Waals surface area contributed by atoms with Crippen molar-refractivity contribution in [3.05, 3.63) is 58.1 Å². The van der Waals surface area contributed by atoms with Gasteiger partial charge >= 0.3 is 0 Å². The lowest BCUT2D eigenvalue weighted by Crippen LogP contribution is -2.22. The van der Waals surface area contributed by atoms with E-state index in [0.29, 0.717) is 26.6 Å². The van der Waals surface area contributed by atoms with Crippen LogP contribution >= 0.6 is 58.3 Å². The highest BCUT2D eigenvalue weighted by Gasteiger charge is 2.17. The van der Waals surface area contributed by atoms with Gasteiger partial charge in [0.15, 0.2) is 0 Å². The lowest BCUT2D eigenvalue weighted by atomic mass is 10.2. The minimum absolute atomic E-state index is 0.170. The van der Waals surface area contributed by atoms with Gasteiger partial charge in [-0.3, -0.25) is 14.9 Å². The van der Waals surface area contributed by atoms with Gasteiger partial charge in [-0.2, -0.15) is 9.36 Å². The lowest BCUT2D eigenvalue weighted by molar-refractivity contribution is -0.115. The van der Waals surface area contributed by atoms with Crippen molar-refractivity contribution < 1.29 is 9.59 Å². The number of nitrogens with zero attached hydrogens (tertiary/aromatic N) is 2. The second-order valence-corrected chi connectivity index (χ2v) is 10.4. The van der Waals surface area contributed by atoms with E-state index in [1.807, 2.05) is 26.0 Å². The molecule has 11 heteroatoms. The topological polar surface area (TPSA) is 84.0 Å². The highest BCUT2D eigenvalue weighted by atomic mass is 35.5. The zero-order valence-corrected chi connectivity index (χ0v) is 20.5. The Morgan fingerprint density at radius 3 is 2.71 bits per heavy atom. The van der Waals surface area contributed by atoms with Crippen molar-refractivity contribution in [3.63, 3.8) is 0 Å². The molecule has 1 heterocycles. The van der Waals surface area contributed by atoms with Crippen LogP contribution in [0.1, 0.15) is 24.2 Å². The van der Waals surface area contributed by atoms with Crippen molar-refractivity contribution in [2.75, 3.05) is 16.4 Å². The van der Waals surface area contributed by atoms with Gasteiger partial charge in [-0.15, -0.1) is 11.8 Å². The monoisotopic (exact) mass is 512 g/mol. The molecular weight excluding hydrogens is 495 g/mol. The molecule has 0 saturated heterocycles. The maximum Gasteiger partial charge on any atom is 0.257 e. The van der Waals surface area contributed by atoms with Crippen molar-refractivity contribution >= 4 is 80.9 Å². The minimum Gasteiger partial charge on any atom is -0.322 e. The Hall–Kier alpha value is -1.78. The highest BCUT2D eigenvalue weighted by Crippen LogP contribution is 2.28. The number of nitrogens with one attached hydrogen (secondary N) is 2. The Morgan fingerprint density at radius 2 is 1.97 bits per heavy atom. The number of carbonyl (C=O) groups excluding carboxylic acids is 2. The number of amides is 2. The zero-order valence-electron chi connectivity index (χ0n) is 16.5. The molecule has 2 N–H and O–H groups in total. The van der Waals surface area contributed by atoms with Gasteiger partial charge in [0, 0.05) is 27.1 Å². The summed E-state index contributed by atoms with van der Waals surface area (Å²) in [4.78, 5) is 30.1. The summed E-state index contributed by atoms with van der Waals surface area (Å²) in [5, 5.41) is 7.12. The Labute approximate surface area is 202 Å². The van der Waals surface area contributed by atoms with Crippen LogP contribution in [0.4, 0.5) is 10.8 Å². The molecule has 1 atom stereocenters. The molecule has 0 bridgehead atoms. The standard InChI is InChI=1S/C20H18Cl2N4O2S3/c1-3-29-20-25-19(31-26-20)24-17(27)11(2)30-14-6-4-5-13(10-14)23-18(28)15-8-7-12(21)9-16(15)22/h4-11H,3H2,1-2H3,(H,23,28)(H,24,25,26,27). The quantitative estimate of drug-likeness (QED) is 0.343. The predicted molar refractivity (Wildman–Crippen MR) is 131 cm³/mol. The first kappa shape index (κ1) is 23.9. The van der Waals surface area contributed by atoms with E-state index in [1.54, 1.807) is 24.3 Å². The first-order valence-corrected chi connectivity index (χ1v) is 12.6. The summed E-state index contributed by atoms with van der Waals surface area (Å²) in [6.07, 6.45) is 0. The van der Waals surface area contributed by atoms with E-state index in [4.69, 9.17) is 23.2 Å². The lowest BCUT2D eigenvalue weighted by Gasteiger charge is -2.12. The van der Waals surface area contributed by atoms with Crippen LogP contribution in [0.2, 0.25) is 10.0 Å². The predicted octanol–water partition coefficient (Wildman–Crippen LogP) is 6.33. The van der Waals surface area contributed by atoms with Crippen molar-refractivity contribution in [1.29, 1.82) is 0 Å². The third kappa shape index (κ3) is 6.85. The SMILES string of the molecule is CCSc1nsc(NC(=O)C(C)Sc2cccc(NC(=O)c3ccc(Cl)cc3Cl)c2)n1. The normalized spacial score (nSPS) is 11.7. The summed E-state index contributed by atoms with van der Waals surface area (Å²) in [6.45, 7) is 3.82. The fraction of sp³-hybridized carbons (Fsp3) is 0.200. The Kier molecular flexibility index (Phi) is 8.62. The molecule has 0 aliphatic carbocycles. The van der Waals surface area contributed by atoms with Gasteiger partial charge in [-0.25, -0.2) is 0 Å². The molecule has 3 aromatic rings. The second-order valence-electron chi connectivity index (χ2n) is 6.17. The molecule has 31 heavy (non-hydrogen) atoms. The van der Waals surface area contributed by atoms with Crippen LogP contribution < -0.4 is 10.6 Å². The molecule has 6 nitrogen and oxygen atoms in total. The van der Waals surface area contributed by atoms with Crippen LogP contribution in [-0.4, -0.2) is 32.2 Å². The van der Waals surface area contributed by atoms with Crippen molar-refractivity contribution in [2.45, 2.75) is 29.1 Å². The number of rotatable bonds is 8. The molecule has 0 fully saturated rings. The molecule has 0 aliphatic rings. The molecule has 0 radical (unpaired) electrons. The van der Waals surface area contributed by atoms with E-state index in [1.165, 1.54) is 29.6 Å². The maximum absolute atomic E-state index is 12.5. The van der Waals surface area contributed by atoms with E-state index in [9.17, 15) is 9.59 Å². The Balaban J connectivity index is 1.61. The van der Waals surface area contributed by atoms with E-state index in [-0.39, 0.29) is 22.1 Å². The summed E-state index contributed by atoms with van der Waals surface area (Å²) >= 11 is 16.0. The Morgan fingerprint density at radius 1 is 1.16 bits per heavy atom. The van der Waals surface area contributed by atoms with Crippen molar-refractivity contribution in [2.24, 2.45) is 0 Å². The zero-order chi connectivity index (χ0) is 22.4. The van der Waals surface area contributed by atoms with Crippen LogP contribution in [0, 0.1) is 0 Å². The first-order chi connectivity index (χ1) is 14.9. The molecule has 0 saturated carbocycles. The van der Waals surface area contributed by atoms with Crippen molar-refractivity contribution in [3.8, 4) is 0 Å². The van der Waals surface area contributed by atoms with Gasteiger partial charge in [0.1, 0.15) is 0 Å². The van der Waals surface area contributed by atoms with Gasteiger partial charge in [0.2, 0.25) is 16.2 Å². The molecule has 0 aliphatic heterocycles. The van der Waals surface area contributed by atoms with Gasteiger partial charge in [-0.05, 0) is 49.1 Å². The fourth-order valence-corrected chi connectivity index (χ4v) is 5.13. The molecule has 2 aromatic carbocycles. The number of carbonyl (C=O) groups is 2. The number of hydrogen-bond donors (Lipinski definition) is 2. The minimum atomic E-state index is -0.372. The molecule has 0 spiro atoms. The summed E-state index contributed by atoms with van der Waals surface area (Å²) in [5.74, 6) is 0.358. The summed E-state index contributed by atoms with van der Waals surface area (Å²) in [6, 6.07) is 12.0. The van der Waals surface area contributed by atoms with Gasteiger partial charge in [0.25, 0.3) is 5.91 Å². The van der Waals surface area contributed by atoms with Gasteiger partial charge < -0.3 is 5.32 Å². The third-order valence-corrected chi connectivity index (χ3v) is 6.98. The summed E-state index contributed by atoms with van der Waals surface area (Å²) in [5.41, 5.74) is 0.925. The number of anilines is 2. The second kappa shape index (κ2) is 11.2. The molecule has 2 amide bonds. The molecule has 3 rings (SSSR count). The third-order valence-electron chi connectivity index (χ3n) is 3.86. The smallest absolute Gasteiger partial charge is 0.257 e. The van der Waals surface area contributed by atoms with Crippen LogP contribution in [0.3, 0.4) is 0 Å². The highest BCUT2D eigenvalue weighted by molar-refractivity contribution is 8.00. The maximum atomic E-state index is 12.5. The average Bonchev–Trinajstić information content (AvgIpc) is 3.15. The molecule has 1 aromatic heterocycles. The van der Waals surface area contributed by atoms with E-state index >= 15 is 0 Å². The number of aromatic nitrogens is 2. The van der Waals surface area contributed by atoms with Crippen LogP contribution in [-0.2, 0) is 4.79 Å². The van der Waals surface area contributed by atoms with Crippen LogP contribution in [0.5, 0.6) is 0 Å². The number of thioether (sulfide) groups is 2. The largest absolute Gasteiger partial charge is 0.322 e. The number of benzene rings is 2. The molecule has 1 unspecified atom stereocenters. The van der Waals surface area contributed by atoms with E-state index < -0.39 is 0 Å². The van der Waals surface area contributed by atoms with E-state index in [2.05, 4.69) is 20.0 Å².